The molecule has 6 rings (SSSR count). The zero-order chi connectivity index (χ0) is 26.6. The van der Waals surface area contributed by atoms with Crippen LogP contribution in [0.5, 0.6) is 0 Å². The van der Waals surface area contributed by atoms with Gasteiger partial charge in [-0.15, -0.1) is 0 Å². The molecule has 3 heterocycles. The molecular weight excluding hydrogens is 508 g/mol. The van der Waals surface area contributed by atoms with Gasteiger partial charge in [-0.3, -0.25) is 29.4 Å². The molecule has 0 unspecified atom stereocenters. The second-order valence-electron chi connectivity index (χ2n) is 9.49. The van der Waals surface area contributed by atoms with Gasteiger partial charge in [-0.05, 0) is 34.9 Å². The lowest BCUT2D eigenvalue weighted by Gasteiger charge is -2.35. The number of likely N-dealkylation sites (tertiary alicyclic amines) is 1. The second-order valence-corrected chi connectivity index (χ2v) is 9.90. The Morgan fingerprint density at radius 3 is 2.45 bits per heavy atom. The van der Waals surface area contributed by atoms with E-state index >= 15 is 0 Å². The summed E-state index contributed by atoms with van der Waals surface area (Å²) in [5, 5.41) is 14.0. The maximum Gasteiger partial charge on any atom is 0.289 e. The maximum atomic E-state index is 13.8. The molecule has 9 nitrogen and oxygen atoms in total. The van der Waals surface area contributed by atoms with Gasteiger partial charge in [0.2, 0.25) is 17.7 Å². The summed E-state index contributed by atoms with van der Waals surface area (Å²) in [6.45, 7) is 0.118. The van der Waals surface area contributed by atoms with Crippen LogP contribution in [0.25, 0.3) is 6.08 Å². The van der Waals surface area contributed by atoms with Crippen LogP contribution in [-0.2, 0) is 20.9 Å². The number of hydrogen-bond acceptors (Lipinski definition) is 6. The van der Waals surface area contributed by atoms with E-state index in [1.54, 1.807) is 11.1 Å². The van der Waals surface area contributed by atoms with Gasteiger partial charge in [0.25, 0.3) is 5.69 Å². The number of carbonyl (C=O) groups is 3. The van der Waals surface area contributed by atoms with Gasteiger partial charge in [0.15, 0.2) is 0 Å². The Hall–Kier alpha value is -4.50. The molecule has 0 aromatic heterocycles. The van der Waals surface area contributed by atoms with Crippen molar-refractivity contribution >= 4 is 46.8 Å². The number of nitro benzene ring substituents is 1. The largest absolute Gasteiger partial charge is 0.357 e. The number of amides is 3. The Bertz CT molecular complexity index is 1520. The molecule has 2 saturated heterocycles. The summed E-state index contributed by atoms with van der Waals surface area (Å²) in [5.74, 6) is -2.94. The number of imide groups is 1. The van der Waals surface area contributed by atoms with Gasteiger partial charge in [-0.2, -0.15) is 0 Å². The summed E-state index contributed by atoms with van der Waals surface area (Å²) in [5.41, 5.74) is 2.42. The molecule has 3 aliphatic rings. The molecule has 0 aliphatic carbocycles. The van der Waals surface area contributed by atoms with Gasteiger partial charge < -0.3 is 10.2 Å². The smallest absolute Gasteiger partial charge is 0.289 e. The summed E-state index contributed by atoms with van der Waals surface area (Å²) in [7, 11) is 0. The van der Waals surface area contributed by atoms with Crippen molar-refractivity contribution in [2.24, 2.45) is 11.8 Å². The number of benzene rings is 3. The number of hydrogen-bond donors (Lipinski definition) is 1. The number of carbonyl (C=O) groups excluding carboxylic acids is 3. The lowest BCUT2D eigenvalue weighted by molar-refractivity contribution is -0.384. The summed E-state index contributed by atoms with van der Waals surface area (Å²) in [6, 6.07) is 19.3. The molecule has 0 spiro atoms. The summed E-state index contributed by atoms with van der Waals surface area (Å²) in [4.78, 5) is 55.0. The highest BCUT2D eigenvalue weighted by atomic mass is 35.5. The van der Waals surface area contributed by atoms with Gasteiger partial charge in [0.1, 0.15) is 11.1 Å². The monoisotopic (exact) mass is 528 g/mol. The van der Waals surface area contributed by atoms with Crippen molar-refractivity contribution in [3.05, 3.63) is 111 Å². The molecule has 3 aliphatic heterocycles. The van der Waals surface area contributed by atoms with Crippen LogP contribution >= 0.6 is 11.6 Å². The number of rotatable bonds is 5. The second kappa shape index (κ2) is 9.11. The molecule has 10 heteroatoms. The zero-order valence-corrected chi connectivity index (χ0v) is 20.6. The fourth-order valence-electron chi connectivity index (χ4n) is 5.79. The van der Waals surface area contributed by atoms with Crippen LogP contribution < -0.4 is 5.32 Å². The minimum Gasteiger partial charge on any atom is -0.357 e. The average Bonchev–Trinajstić information content (AvgIpc) is 3.39. The molecular formula is C28H21ClN4O5. The summed E-state index contributed by atoms with van der Waals surface area (Å²) < 4.78 is 0. The predicted molar refractivity (Wildman–Crippen MR) is 140 cm³/mol. The van der Waals surface area contributed by atoms with Gasteiger partial charge in [0, 0.05) is 18.0 Å². The van der Waals surface area contributed by atoms with Crippen molar-refractivity contribution < 1.29 is 19.3 Å². The lowest BCUT2D eigenvalue weighted by atomic mass is 9.84. The van der Waals surface area contributed by atoms with Gasteiger partial charge in [-0.1, -0.05) is 66.2 Å². The average molecular weight is 529 g/mol. The van der Waals surface area contributed by atoms with Gasteiger partial charge in [0.05, 0.1) is 29.3 Å². The van der Waals surface area contributed by atoms with Crippen molar-refractivity contribution in [1.82, 2.24) is 9.80 Å². The molecule has 2 fully saturated rings. The van der Waals surface area contributed by atoms with Crippen LogP contribution in [0.4, 0.5) is 11.4 Å². The van der Waals surface area contributed by atoms with E-state index in [0.29, 0.717) is 0 Å². The van der Waals surface area contributed by atoms with Crippen molar-refractivity contribution in [3.63, 3.8) is 0 Å². The Labute approximate surface area is 222 Å². The highest BCUT2D eigenvalue weighted by molar-refractivity contribution is 6.32. The number of nitrogens with zero attached hydrogens (tertiary/aromatic N) is 3. The quantitative estimate of drug-likeness (QED) is 0.298. The van der Waals surface area contributed by atoms with E-state index in [9.17, 15) is 24.5 Å². The molecule has 0 saturated carbocycles. The molecule has 1 N–H and O–H groups in total. The van der Waals surface area contributed by atoms with Gasteiger partial charge in [-0.25, -0.2) is 0 Å². The number of halogens is 1. The van der Waals surface area contributed by atoms with Crippen LogP contribution in [0.2, 0.25) is 5.02 Å². The highest BCUT2D eigenvalue weighted by Crippen LogP contribution is 2.52. The van der Waals surface area contributed by atoms with E-state index in [-0.39, 0.29) is 28.8 Å². The molecule has 3 aromatic rings. The number of fused-ring (bicyclic) bond motifs is 5. The van der Waals surface area contributed by atoms with E-state index < -0.39 is 40.7 Å². The van der Waals surface area contributed by atoms with E-state index in [1.165, 1.54) is 23.1 Å². The fourth-order valence-corrected chi connectivity index (χ4v) is 5.97. The third-order valence-electron chi connectivity index (χ3n) is 7.42. The number of nitrogens with one attached hydrogen (secondary N) is 1. The number of anilines is 1. The van der Waals surface area contributed by atoms with Crippen LogP contribution in [0.3, 0.4) is 0 Å². The van der Waals surface area contributed by atoms with E-state index in [2.05, 4.69) is 5.32 Å². The molecule has 190 valence electrons. The van der Waals surface area contributed by atoms with E-state index in [1.807, 2.05) is 60.7 Å². The molecule has 3 amide bonds. The Morgan fingerprint density at radius 1 is 0.974 bits per heavy atom. The maximum absolute atomic E-state index is 13.8. The molecule has 0 bridgehead atoms. The zero-order valence-electron chi connectivity index (χ0n) is 19.9. The van der Waals surface area contributed by atoms with Crippen LogP contribution in [0.1, 0.15) is 22.7 Å². The first-order chi connectivity index (χ1) is 18.3. The molecule has 0 radical (unpaired) electrons. The fraction of sp³-hybridized carbons (Fsp3) is 0.179. The Balaban J connectivity index is 1.39. The van der Waals surface area contributed by atoms with Crippen LogP contribution in [0, 0.1) is 22.0 Å². The molecule has 38 heavy (non-hydrogen) atoms. The van der Waals surface area contributed by atoms with Crippen molar-refractivity contribution in [3.8, 4) is 0 Å². The molecule has 4 atom stereocenters. The van der Waals surface area contributed by atoms with Crippen LogP contribution in [-0.4, -0.2) is 38.5 Å². The van der Waals surface area contributed by atoms with Crippen molar-refractivity contribution in [1.29, 1.82) is 0 Å². The third-order valence-corrected chi connectivity index (χ3v) is 7.73. The Kier molecular flexibility index (Phi) is 5.72. The lowest BCUT2D eigenvalue weighted by Crippen LogP contribution is -2.46. The number of nitro groups is 1. The van der Waals surface area contributed by atoms with Crippen molar-refractivity contribution in [2.75, 3.05) is 5.32 Å². The SMILES string of the molecule is O=C(Nc1ccc(Cl)c([N+](=O)[O-])c1)[C@@H]1[C@@H]2C(=O)N(Cc3ccccc3)C(=O)[C@@H]2[C@H]2c3ccccc3C=CN12. The Morgan fingerprint density at radius 2 is 1.68 bits per heavy atom. The standard InChI is InChI=1S/C28H21ClN4O5/c29-20-11-10-18(14-21(20)33(37)38)30-26(34)25-23-22(24-19-9-5-4-8-17(19)12-13-31(24)25)27(35)32(28(23)36)15-16-6-2-1-3-7-16/h1-14,22-25H,15H2,(H,30,34)/t22-,23+,24+,25-/m0/s1. The minimum absolute atomic E-state index is 0.0577. The first kappa shape index (κ1) is 23.9. The van der Waals surface area contributed by atoms with Crippen molar-refractivity contribution in [2.45, 2.75) is 18.6 Å². The third kappa shape index (κ3) is 3.74. The first-order valence-electron chi connectivity index (χ1n) is 12.0. The topological polar surface area (TPSA) is 113 Å². The van der Waals surface area contributed by atoms with E-state index in [0.717, 1.165) is 16.7 Å². The normalized spacial score (nSPS) is 23.2. The summed E-state index contributed by atoms with van der Waals surface area (Å²) >= 11 is 5.93. The minimum atomic E-state index is -0.999. The predicted octanol–water partition coefficient (Wildman–Crippen LogP) is 4.40. The molecule has 3 aromatic carbocycles. The summed E-state index contributed by atoms with van der Waals surface area (Å²) in [6.07, 6.45) is 3.61. The van der Waals surface area contributed by atoms with E-state index in [4.69, 9.17) is 11.6 Å². The van der Waals surface area contributed by atoms with Crippen LogP contribution in [0.15, 0.2) is 79.0 Å². The first-order valence-corrected chi connectivity index (χ1v) is 12.4. The van der Waals surface area contributed by atoms with Gasteiger partial charge >= 0.3 is 0 Å². The highest BCUT2D eigenvalue weighted by Gasteiger charge is 2.64.